The highest BCUT2D eigenvalue weighted by atomic mass is 32.2. The molecule has 3 nitrogen and oxygen atoms in total. The molecule has 1 heterocycles. The van der Waals surface area contributed by atoms with Gasteiger partial charge in [0, 0.05) is 6.04 Å². The summed E-state index contributed by atoms with van der Waals surface area (Å²) in [7, 11) is -2.73. The van der Waals surface area contributed by atoms with Gasteiger partial charge in [0.25, 0.3) is 0 Å². The average molecular weight is 289 g/mol. The van der Waals surface area contributed by atoms with Crippen LogP contribution in [-0.2, 0) is 9.84 Å². The van der Waals surface area contributed by atoms with E-state index in [4.69, 9.17) is 5.73 Å². The van der Waals surface area contributed by atoms with Crippen molar-refractivity contribution in [1.82, 2.24) is 0 Å². The molecule has 4 heteroatoms. The van der Waals surface area contributed by atoms with Gasteiger partial charge in [0.1, 0.15) is 0 Å². The van der Waals surface area contributed by atoms with Crippen molar-refractivity contribution in [3.63, 3.8) is 0 Å². The molecule has 1 aliphatic heterocycles. The summed E-state index contributed by atoms with van der Waals surface area (Å²) < 4.78 is 22.7. The number of rotatable bonds is 10. The van der Waals surface area contributed by atoms with E-state index in [9.17, 15) is 8.42 Å². The van der Waals surface area contributed by atoms with Crippen molar-refractivity contribution >= 4 is 9.84 Å². The first-order valence-electron chi connectivity index (χ1n) is 7.99. The van der Waals surface area contributed by atoms with Gasteiger partial charge in [-0.2, -0.15) is 0 Å². The molecule has 2 atom stereocenters. The van der Waals surface area contributed by atoms with Crippen molar-refractivity contribution in [2.45, 2.75) is 77.2 Å². The third-order valence-electron chi connectivity index (χ3n) is 4.14. The van der Waals surface area contributed by atoms with E-state index in [1.807, 2.05) is 0 Å². The minimum Gasteiger partial charge on any atom is -0.328 e. The molecule has 0 aromatic heterocycles. The molecule has 0 spiro atoms. The minimum atomic E-state index is -2.73. The Morgan fingerprint density at radius 1 is 1.11 bits per heavy atom. The van der Waals surface area contributed by atoms with Crippen LogP contribution in [-0.4, -0.2) is 26.0 Å². The second kappa shape index (κ2) is 8.96. The van der Waals surface area contributed by atoms with Gasteiger partial charge in [-0.25, -0.2) is 8.42 Å². The fourth-order valence-corrected chi connectivity index (χ4v) is 4.85. The Morgan fingerprint density at radius 2 is 1.74 bits per heavy atom. The quantitative estimate of drug-likeness (QED) is 0.628. The summed E-state index contributed by atoms with van der Waals surface area (Å²) >= 11 is 0. The second-order valence-corrected chi connectivity index (χ2v) is 8.40. The molecule has 2 N–H and O–H groups in total. The Morgan fingerprint density at radius 3 is 2.32 bits per heavy atom. The summed E-state index contributed by atoms with van der Waals surface area (Å²) in [4.78, 5) is 0. The molecular weight excluding hydrogens is 258 g/mol. The van der Waals surface area contributed by atoms with Crippen LogP contribution in [0.5, 0.6) is 0 Å². The van der Waals surface area contributed by atoms with E-state index in [-0.39, 0.29) is 6.04 Å². The van der Waals surface area contributed by atoms with E-state index in [0.29, 0.717) is 17.4 Å². The number of nitrogens with two attached hydrogens (primary N) is 1. The summed E-state index contributed by atoms with van der Waals surface area (Å²) in [6.45, 7) is 2.24. The Kier molecular flexibility index (Phi) is 8.00. The highest BCUT2D eigenvalue weighted by molar-refractivity contribution is 7.91. The fraction of sp³-hybridized carbons (Fsp3) is 1.00. The molecule has 114 valence electrons. The lowest BCUT2D eigenvalue weighted by molar-refractivity contribution is 0.435. The highest BCUT2D eigenvalue weighted by Crippen LogP contribution is 2.23. The van der Waals surface area contributed by atoms with Gasteiger partial charge in [0.15, 0.2) is 9.84 Å². The summed E-state index contributed by atoms with van der Waals surface area (Å²) in [5.74, 6) is 1.07. The van der Waals surface area contributed by atoms with Crippen molar-refractivity contribution < 1.29 is 8.42 Å². The highest BCUT2D eigenvalue weighted by Gasteiger charge is 2.28. The van der Waals surface area contributed by atoms with Crippen molar-refractivity contribution in [2.75, 3.05) is 11.5 Å². The van der Waals surface area contributed by atoms with Gasteiger partial charge in [-0.05, 0) is 25.2 Å². The van der Waals surface area contributed by atoms with Crippen molar-refractivity contribution in [1.29, 1.82) is 0 Å². The van der Waals surface area contributed by atoms with Gasteiger partial charge in [-0.1, -0.05) is 51.9 Å². The zero-order valence-corrected chi connectivity index (χ0v) is 13.3. The number of unbranched alkanes of at least 4 members (excludes halogenated alkanes) is 6. The third-order valence-corrected chi connectivity index (χ3v) is 5.98. The van der Waals surface area contributed by atoms with E-state index in [2.05, 4.69) is 6.92 Å². The monoisotopic (exact) mass is 289 g/mol. The maximum atomic E-state index is 11.4. The van der Waals surface area contributed by atoms with E-state index in [1.165, 1.54) is 44.9 Å². The first-order valence-corrected chi connectivity index (χ1v) is 9.81. The summed E-state index contributed by atoms with van der Waals surface area (Å²) in [6, 6.07) is 0.203. The molecule has 1 saturated heterocycles. The Bertz CT molecular complexity index is 327. The summed E-state index contributed by atoms with van der Waals surface area (Å²) in [5, 5.41) is 0. The van der Waals surface area contributed by atoms with Gasteiger partial charge in [-0.15, -0.1) is 0 Å². The average Bonchev–Trinajstić information content (AvgIpc) is 2.67. The van der Waals surface area contributed by atoms with Crippen molar-refractivity contribution in [2.24, 2.45) is 11.7 Å². The van der Waals surface area contributed by atoms with Gasteiger partial charge in [0.2, 0.25) is 0 Å². The zero-order valence-electron chi connectivity index (χ0n) is 12.4. The fourth-order valence-electron chi connectivity index (χ4n) is 2.97. The molecular formula is C15H31NO2S. The predicted molar refractivity (Wildman–Crippen MR) is 82.0 cm³/mol. The minimum absolute atomic E-state index is 0.203. The molecule has 0 aromatic carbocycles. The van der Waals surface area contributed by atoms with Crippen LogP contribution in [0.4, 0.5) is 0 Å². The molecule has 0 bridgehead atoms. The first-order chi connectivity index (χ1) is 9.03. The van der Waals surface area contributed by atoms with Crippen LogP contribution >= 0.6 is 0 Å². The molecule has 19 heavy (non-hydrogen) atoms. The Balaban J connectivity index is 1.98. The maximum absolute atomic E-state index is 11.4. The van der Waals surface area contributed by atoms with E-state index >= 15 is 0 Å². The third kappa shape index (κ3) is 7.93. The molecule has 0 saturated carbocycles. The lowest BCUT2D eigenvalue weighted by Crippen LogP contribution is -2.24. The van der Waals surface area contributed by atoms with Crippen LogP contribution in [0.1, 0.15) is 71.1 Å². The molecule has 2 unspecified atom stereocenters. The smallest absolute Gasteiger partial charge is 0.150 e. The van der Waals surface area contributed by atoms with Crippen molar-refractivity contribution in [3.8, 4) is 0 Å². The standard InChI is InChI=1S/C15H31NO2S/c1-2-3-4-5-6-7-8-9-15(16)12-14-10-11-19(17,18)13-14/h14-15H,2-13,16H2,1H3. The van der Waals surface area contributed by atoms with Crippen molar-refractivity contribution in [3.05, 3.63) is 0 Å². The van der Waals surface area contributed by atoms with Gasteiger partial charge in [-0.3, -0.25) is 0 Å². The molecule has 1 rings (SSSR count). The largest absolute Gasteiger partial charge is 0.328 e. The van der Waals surface area contributed by atoms with E-state index in [0.717, 1.165) is 19.3 Å². The molecule has 0 aliphatic carbocycles. The molecule has 1 fully saturated rings. The molecule has 1 aliphatic rings. The molecule has 0 radical (unpaired) electrons. The van der Waals surface area contributed by atoms with E-state index < -0.39 is 9.84 Å². The van der Waals surface area contributed by atoms with Crippen LogP contribution in [0.25, 0.3) is 0 Å². The molecule has 0 aromatic rings. The normalized spacial score (nSPS) is 23.6. The summed E-state index contributed by atoms with van der Waals surface area (Å²) in [6.07, 6.45) is 12.0. The maximum Gasteiger partial charge on any atom is 0.150 e. The lowest BCUT2D eigenvalue weighted by Gasteiger charge is -2.15. The lowest BCUT2D eigenvalue weighted by atomic mass is 9.96. The van der Waals surface area contributed by atoms with Crippen LogP contribution < -0.4 is 5.73 Å². The predicted octanol–water partition coefficient (Wildman–Crippen LogP) is 3.28. The van der Waals surface area contributed by atoms with Gasteiger partial charge >= 0.3 is 0 Å². The van der Waals surface area contributed by atoms with Gasteiger partial charge in [0.05, 0.1) is 11.5 Å². The number of sulfone groups is 1. The zero-order chi connectivity index (χ0) is 14.1. The van der Waals surface area contributed by atoms with Crippen LogP contribution in [0, 0.1) is 5.92 Å². The van der Waals surface area contributed by atoms with Crippen LogP contribution in [0.3, 0.4) is 0 Å². The van der Waals surface area contributed by atoms with Gasteiger partial charge < -0.3 is 5.73 Å². The Labute approximate surface area is 119 Å². The summed E-state index contributed by atoms with van der Waals surface area (Å²) in [5.41, 5.74) is 6.11. The van der Waals surface area contributed by atoms with Crippen LogP contribution in [0.2, 0.25) is 0 Å². The SMILES string of the molecule is CCCCCCCCCC(N)CC1CCS(=O)(=O)C1. The van der Waals surface area contributed by atoms with E-state index in [1.54, 1.807) is 0 Å². The second-order valence-electron chi connectivity index (χ2n) is 6.17. The number of hydrogen-bond acceptors (Lipinski definition) is 3. The topological polar surface area (TPSA) is 60.2 Å². The van der Waals surface area contributed by atoms with Crippen LogP contribution in [0.15, 0.2) is 0 Å². The number of hydrogen-bond donors (Lipinski definition) is 1. The first kappa shape index (κ1) is 17.0. The Hall–Kier alpha value is -0.0900. The molecule has 0 amide bonds.